The number of aliphatic imine (C=N–C) groups is 1. The van der Waals surface area contributed by atoms with Gasteiger partial charge in [0.2, 0.25) is 0 Å². The molecule has 2 heterocycles. The van der Waals surface area contributed by atoms with Crippen LogP contribution < -0.4 is 11.1 Å². The summed E-state index contributed by atoms with van der Waals surface area (Å²) >= 11 is 0. The summed E-state index contributed by atoms with van der Waals surface area (Å²) in [5.74, 6) is 0.567. The third-order valence-corrected chi connectivity index (χ3v) is 5.35. The van der Waals surface area contributed by atoms with Crippen molar-refractivity contribution < 1.29 is 0 Å². The van der Waals surface area contributed by atoms with E-state index in [1.807, 2.05) is 0 Å². The average Bonchev–Trinajstić information content (AvgIpc) is 3.26. The van der Waals surface area contributed by atoms with Crippen LogP contribution in [0.5, 0.6) is 0 Å². The van der Waals surface area contributed by atoms with E-state index in [1.54, 1.807) is 0 Å². The molecule has 1 aromatic heterocycles. The third-order valence-electron chi connectivity index (χ3n) is 5.35. The van der Waals surface area contributed by atoms with Crippen LogP contribution in [0.2, 0.25) is 0 Å². The van der Waals surface area contributed by atoms with E-state index in [0.717, 1.165) is 32.5 Å². The van der Waals surface area contributed by atoms with Gasteiger partial charge in [0.25, 0.3) is 0 Å². The van der Waals surface area contributed by atoms with Gasteiger partial charge in [0, 0.05) is 29.7 Å². The number of nitrogens with zero attached hydrogens (tertiary/aromatic N) is 2. The number of aromatic nitrogens is 1. The van der Waals surface area contributed by atoms with Gasteiger partial charge < -0.3 is 16.0 Å². The maximum atomic E-state index is 6.05. The second kappa shape index (κ2) is 8.39. The number of likely N-dealkylation sites (N-methyl/N-ethyl adjacent to an activating group) is 1. The van der Waals surface area contributed by atoms with Gasteiger partial charge in [-0.25, -0.2) is 0 Å². The van der Waals surface area contributed by atoms with E-state index >= 15 is 0 Å². The highest BCUT2D eigenvalue weighted by molar-refractivity contribution is 5.86. The maximum Gasteiger partial charge on any atom is 0.188 e. The summed E-state index contributed by atoms with van der Waals surface area (Å²) in [6.45, 7) is 8.32. The largest absolute Gasteiger partial charge is 0.370 e. The Balaban J connectivity index is 1.52. The molecule has 0 spiro atoms. The van der Waals surface area contributed by atoms with Crippen LogP contribution in [0.1, 0.15) is 37.8 Å². The van der Waals surface area contributed by atoms with E-state index < -0.39 is 0 Å². The molecule has 5 heteroatoms. The Morgan fingerprint density at radius 1 is 1.36 bits per heavy atom. The lowest BCUT2D eigenvalue weighted by Crippen LogP contribution is -2.36. The number of rotatable bonds is 7. The molecule has 3 rings (SSSR count). The molecule has 0 amide bonds. The highest BCUT2D eigenvalue weighted by atomic mass is 15.2. The van der Waals surface area contributed by atoms with Crippen molar-refractivity contribution >= 4 is 16.9 Å². The van der Waals surface area contributed by atoms with Crippen LogP contribution in [-0.2, 0) is 12.8 Å². The van der Waals surface area contributed by atoms with Crippen LogP contribution in [0.3, 0.4) is 0 Å². The van der Waals surface area contributed by atoms with Gasteiger partial charge in [0.15, 0.2) is 5.96 Å². The lowest BCUT2D eigenvalue weighted by Gasteiger charge is -2.20. The number of para-hydroxylation sites is 1. The molecule has 4 N–H and O–H groups in total. The number of benzene rings is 1. The van der Waals surface area contributed by atoms with Crippen LogP contribution in [0.15, 0.2) is 29.4 Å². The molecule has 5 nitrogen and oxygen atoms in total. The Hall–Kier alpha value is -2.01. The topological polar surface area (TPSA) is 69.4 Å². The van der Waals surface area contributed by atoms with Gasteiger partial charge in [0.05, 0.1) is 6.54 Å². The van der Waals surface area contributed by atoms with Gasteiger partial charge in [-0.05, 0) is 49.9 Å². The molecule has 0 aliphatic carbocycles. The number of nitrogens with two attached hydrogens (primary N) is 1. The molecule has 1 fully saturated rings. The quantitative estimate of drug-likeness (QED) is 0.536. The monoisotopic (exact) mass is 341 g/mol. The first-order valence-corrected chi connectivity index (χ1v) is 9.58. The fourth-order valence-corrected chi connectivity index (χ4v) is 3.88. The SMILES string of the molecule is CCc1cccc2c(CCNC(N)=NCC3CCCN3CC)c[nH]c12. The highest BCUT2D eigenvalue weighted by Gasteiger charge is 2.22. The van der Waals surface area contributed by atoms with Crippen molar-refractivity contribution in [2.75, 3.05) is 26.2 Å². The summed E-state index contributed by atoms with van der Waals surface area (Å²) in [5, 5.41) is 4.59. The first-order valence-electron chi connectivity index (χ1n) is 9.58. The van der Waals surface area contributed by atoms with E-state index in [9.17, 15) is 0 Å². The summed E-state index contributed by atoms with van der Waals surface area (Å²) in [7, 11) is 0. The zero-order valence-electron chi connectivity index (χ0n) is 15.5. The van der Waals surface area contributed by atoms with Crippen molar-refractivity contribution in [1.29, 1.82) is 0 Å². The van der Waals surface area contributed by atoms with Crippen LogP contribution in [0, 0.1) is 0 Å². The summed E-state index contributed by atoms with van der Waals surface area (Å²) in [4.78, 5) is 10.5. The van der Waals surface area contributed by atoms with Crippen molar-refractivity contribution in [1.82, 2.24) is 15.2 Å². The van der Waals surface area contributed by atoms with Crippen molar-refractivity contribution in [2.24, 2.45) is 10.7 Å². The highest BCUT2D eigenvalue weighted by Crippen LogP contribution is 2.22. The van der Waals surface area contributed by atoms with Crippen molar-refractivity contribution in [3.05, 3.63) is 35.5 Å². The fourth-order valence-electron chi connectivity index (χ4n) is 3.88. The zero-order chi connectivity index (χ0) is 17.6. The second-order valence-electron chi connectivity index (χ2n) is 6.83. The molecule has 0 bridgehead atoms. The van der Waals surface area contributed by atoms with Gasteiger partial charge in [-0.2, -0.15) is 0 Å². The van der Waals surface area contributed by atoms with Gasteiger partial charge in [-0.15, -0.1) is 0 Å². The summed E-state index contributed by atoms with van der Waals surface area (Å²) in [5.41, 5.74) is 10.0. The number of fused-ring (bicyclic) bond motifs is 1. The van der Waals surface area contributed by atoms with Gasteiger partial charge in [-0.1, -0.05) is 32.0 Å². The summed E-state index contributed by atoms with van der Waals surface area (Å²) in [6.07, 6.45) is 6.62. The van der Waals surface area contributed by atoms with E-state index in [4.69, 9.17) is 5.73 Å². The van der Waals surface area contributed by atoms with Crippen molar-refractivity contribution in [3.8, 4) is 0 Å². The van der Waals surface area contributed by atoms with Crippen LogP contribution in [0.4, 0.5) is 0 Å². The molecule has 1 aromatic carbocycles. The lowest BCUT2D eigenvalue weighted by molar-refractivity contribution is 0.273. The smallest absolute Gasteiger partial charge is 0.188 e. The standard InChI is InChI=1S/C20H31N5/c1-3-15-7-5-9-18-16(13-23-19(15)18)10-11-22-20(21)24-14-17-8-6-12-25(17)4-2/h5,7,9,13,17,23H,3-4,6,8,10-12,14H2,1-2H3,(H3,21,22,24). The molecule has 0 radical (unpaired) electrons. The lowest BCUT2D eigenvalue weighted by atomic mass is 10.1. The Morgan fingerprint density at radius 3 is 3.04 bits per heavy atom. The molecule has 25 heavy (non-hydrogen) atoms. The average molecular weight is 342 g/mol. The molecule has 136 valence electrons. The minimum atomic E-state index is 0.562. The molecule has 1 atom stereocenters. The Kier molecular flexibility index (Phi) is 5.97. The second-order valence-corrected chi connectivity index (χ2v) is 6.83. The van der Waals surface area contributed by atoms with Crippen LogP contribution in [0.25, 0.3) is 10.9 Å². The molecular weight excluding hydrogens is 310 g/mol. The predicted octanol–water partition coefficient (Wildman–Crippen LogP) is 2.66. The first-order chi connectivity index (χ1) is 12.2. The Morgan fingerprint density at radius 2 is 2.24 bits per heavy atom. The normalized spacial score (nSPS) is 19.0. The number of aromatic amines is 1. The Labute approximate surface area is 150 Å². The number of aryl methyl sites for hydroxylation is 1. The van der Waals surface area contributed by atoms with Crippen LogP contribution >= 0.6 is 0 Å². The number of nitrogens with one attached hydrogen (secondary N) is 2. The molecule has 1 aliphatic heterocycles. The fraction of sp³-hybridized carbons (Fsp3) is 0.550. The van der Waals surface area contributed by atoms with Crippen molar-refractivity contribution in [2.45, 2.75) is 45.6 Å². The van der Waals surface area contributed by atoms with Crippen LogP contribution in [-0.4, -0.2) is 48.1 Å². The number of hydrogen-bond donors (Lipinski definition) is 3. The number of guanidine groups is 1. The Bertz CT molecular complexity index is 718. The number of H-pyrrole nitrogens is 1. The number of likely N-dealkylation sites (tertiary alicyclic amines) is 1. The van der Waals surface area contributed by atoms with E-state index in [1.165, 1.54) is 41.4 Å². The van der Waals surface area contributed by atoms with Gasteiger partial charge >= 0.3 is 0 Å². The molecule has 1 unspecified atom stereocenters. The predicted molar refractivity (Wildman–Crippen MR) is 106 cm³/mol. The minimum Gasteiger partial charge on any atom is -0.370 e. The number of hydrogen-bond acceptors (Lipinski definition) is 2. The van der Waals surface area contributed by atoms with Crippen molar-refractivity contribution in [3.63, 3.8) is 0 Å². The van der Waals surface area contributed by atoms with Gasteiger partial charge in [0.1, 0.15) is 0 Å². The molecule has 2 aromatic rings. The maximum absolute atomic E-state index is 6.05. The molecular formula is C20H31N5. The molecule has 1 saturated heterocycles. The minimum absolute atomic E-state index is 0.562. The van der Waals surface area contributed by atoms with E-state index in [-0.39, 0.29) is 0 Å². The summed E-state index contributed by atoms with van der Waals surface area (Å²) in [6, 6.07) is 7.08. The molecule has 1 aliphatic rings. The van der Waals surface area contributed by atoms with Gasteiger partial charge in [-0.3, -0.25) is 9.89 Å². The van der Waals surface area contributed by atoms with E-state index in [0.29, 0.717) is 12.0 Å². The first kappa shape index (κ1) is 17.8. The third kappa shape index (κ3) is 4.15. The van der Waals surface area contributed by atoms with E-state index in [2.05, 4.69) is 58.4 Å². The zero-order valence-corrected chi connectivity index (χ0v) is 15.5. The summed E-state index contributed by atoms with van der Waals surface area (Å²) < 4.78 is 0. The molecule has 0 saturated carbocycles.